The molecule has 5 aromatic rings. The van der Waals surface area contributed by atoms with E-state index in [0.717, 1.165) is 29.9 Å². The molecule has 178 valence electrons. The fraction of sp³-hybridized carbons (Fsp3) is 0.120. The molecule has 11 heteroatoms. The fourth-order valence-corrected chi connectivity index (χ4v) is 4.77. The minimum absolute atomic E-state index is 0.238. The first-order valence-corrected chi connectivity index (χ1v) is 11.9. The van der Waals surface area contributed by atoms with E-state index in [1.165, 1.54) is 17.3 Å². The molecular weight excluding hydrogens is 499 g/mol. The van der Waals surface area contributed by atoms with Gasteiger partial charge in [-0.25, -0.2) is 9.97 Å². The zero-order valence-electron chi connectivity index (χ0n) is 18.7. The maximum Gasteiger partial charge on any atom is 0.282 e. The summed E-state index contributed by atoms with van der Waals surface area (Å²) >= 11 is 12.8. The van der Waals surface area contributed by atoms with Gasteiger partial charge < -0.3 is 10.6 Å². The fourth-order valence-electron chi connectivity index (χ4n) is 4.21. The summed E-state index contributed by atoms with van der Waals surface area (Å²) in [6.45, 7) is 1.79. The molecule has 0 radical (unpaired) electrons. The van der Waals surface area contributed by atoms with Crippen molar-refractivity contribution >= 4 is 45.7 Å². The van der Waals surface area contributed by atoms with E-state index in [1.807, 2.05) is 6.07 Å². The highest BCUT2D eigenvalue weighted by Crippen LogP contribution is 2.29. The maximum atomic E-state index is 13.5. The van der Waals surface area contributed by atoms with Crippen LogP contribution in [0.5, 0.6) is 0 Å². The third-order valence-corrected chi connectivity index (χ3v) is 6.55. The van der Waals surface area contributed by atoms with Crippen molar-refractivity contribution in [2.24, 2.45) is 0 Å². The van der Waals surface area contributed by atoms with Crippen LogP contribution in [0.4, 0.5) is 11.6 Å². The van der Waals surface area contributed by atoms with Crippen LogP contribution in [0.15, 0.2) is 66.0 Å². The van der Waals surface area contributed by atoms with Crippen molar-refractivity contribution in [1.29, 1.82) is 0 Å². The van der Waals surface area contributed by atoms with Crippen LogP contribution >= 0.6 is 23.2 Å². The zero-order valence-corrected chi connectivity index (χ0v) is 20.3. The number of para-hydroxylation sites is 1. The molecule has 36 heavy (non-hydrogen) atoms. The van der Waals surface area contributed by atoms with Gasteiger partial charge in [-0.2, -0.15) is 9.78 Å². The monoisotopic (exact) mass is 516 g/mol. The first-order valence-electron chi connectivity index (χ1n) is 11.2. The molecule has 9 nitrogen and oxygen atoms in total. The van der Waals surface area contributed by atoms with Crippen molar-refractivity contribution in [2.75, 3.05) is 11.9 Å². The number of benzene rings is 2. The average molecular weight is 517 g/mol. The maximum absolute atomic E-state index is 13.5. The highest BCUT2D eigenvalue weighted by atomic mass is 35.5. The van der Waals surface area contributed by atoms with E-state index >= 15 is 0 Å². The van der Waals surface area contributed by atoms with E-state index in [2.05, 4.69) is 47.8 Å². The molecule has 1 aliphatic rings. The first-order chi connectivity index (χ1) is 17.6. The summed E-state index contributed by atoms with van der Waals surface area (Å²) in [4.78, 5) is 31.1. The number of fused-ring (bicyclic) bond motifs is 2. The topological polar surface area (TPSA) is 111 Å². The normalized spacial score (nSPS) is 12.9. The number of hydrogen-bond acceptors (Lipinski definition) is 8. The largest absolute Gasteiger partial charge is 0.324 e. The summed E-state index contributed by atoms with van der Waals surface area (Å²) in [6.07, 6.45) is 7.12. The Balaban J connectivity index is 1.52. The van der Waals surface area contributed by atoms with Crippen molar-refractivity contribution < 1.29 is 0 Å². The van der Waals surface area contributed by atoms with Gasteiger partial charge in [0.2, 0.25) is 5.95 Å². The Morgan fingerprint density at radius 1 is 1.00 bits per heavy atom. The molecular formula is C25H18Cl2N8O. The second-order valence-corrected chi connectivity index (χ2v) is 9.03. The number of nitrogens with one attached hydrogen (secondary N) is 2. The Labute approximate surface area is 215 Å². The molecule has 3 aromatic heterocycles. The standard InChI is InChI=1S/C25H18Cl2N8O/c26-18-2-1-3-19(27)23(18)35-24(36)17-12-31-25(32-16-5-4-14-6-7-28-11-15(14)10-16)33-21(17)22(34-35)20-13-29-8-9-30-20/h1-5,8-10,12-13,28H,6-7,11H2,(H,31,32,33). The quantitative estimate of drug-likeness (QED) is 0.363. The van der Waals surface area contributed by atoms with Crippen molar-refractivity contribution in [1.82, 2.24) is 35.0 Å². The van der Waals surface area contributed by atoms with Crippen LogP contribution in [0.2, 0.25) is 10.0 Å². The molecule has 4 heterocycles. The van der Waals surface area contributed by atoms with Gasteiger partial charge in [-0.1, -0.05) is 35.3 Å². The van der Waals surface area contributed by atoms with Gasteiger partial charge in [0.25, 0.3) is 5.56 Å². The van der Waals surface area contributed by atoms with E-state index in [4.69, 9.17) is 23.2 Å². The predicted octanol–water partition coefficient (Wildman–Crippen LogP) is 4.33. The first kappa shape index (κ1) is 22.5. The second-order valence-electron chi connectivity index (χ2n) is 8.22. The second kappa shape index (κ2) is 9.27. The van der Waals surface area contributed by atoms with Crippen molar-refractivity contribution in [3.63, 3.8) is 0 Å². The number of hydrogen-bond donors (Lipinski definition) is 2. The molecule has 0 amide bonds. The minimum atomic E-state index is -0.459. The molecule has 0 aliphatic carbocycles. The Morgan fingerprint density at radius 2 is 1.86 bits per heavy atom. The van der Waals surface area contributed by atoms with E-state index in [9.17, 15) is 4.79 Å². The molecule has 1 aliphatic heterocycles. The number of rotatable bonds is 4. The SMILES string of the molecule is O=c1c2cnc(Nc3ccc4c(c3)CNCC4)nc2c(-c2cnccn2)nn1-c1c(Cl)cccc1Cl. The highest BCUT2D eigenvalue weighted by Gasteiger charge is 2.20. The molecule has 0 saturated carbocycles. The van der Waals surface area contributed by atoms with Crippen LogP contribution in [-0.2, 0) is 13.0 Å². The van der Waals surface area contributed by atoms with E-state index in [0.29, 0.717) is 22.9 Å². The number of halogens is 2. The molecule has 0 unspecified atom stereocenters. The number of anilines is 2. The third-order valence-electron chi connectivity index (χ3n) is 5.94. The summed E-state index contributed by atoms with van der Waals surface area (Å²) < 4.78 is 1.16. The molecule has 0 saturated heterocycles. The third kappa shape index (κ3) is 4.07. The lowest BCUT2D eigenvalue weighted by atomic mass is 10.0. The van der Waals surface area contributed by atoms with E-state index < -0.39 is 5.56 Å². The Hall–Kier alpha value is -3.92. The van der Waals surface area contributed by atoms with Gasteiger partial charge in [0.05, 0.1) is 21.6 Å². The Morgan fingerprint density at radius 3 is 2.67 bits per heavy atom. The summed E-state index contributed by atoms with van der Waals surface area (Å²) in [5.41, 5.74) is 4.32. The average Bonchev–Trinajstić information content (AvgIpc) is 2.90. The molecule has 0 bridgehead atoms. The lowest BCUT2D eigenvalue weighted by molar-refractivity contribution is 0.644. The van der Waals surface area contributed by atoms with Crippen LogP contribution in [0.1, 0.15) is 11.1 Å². The van der Waals surface area contributed by atoms with Crippen molar-refractivity contribution in [3.05, 3.63) is 92.7 Å². The van der Waals surface area contributed by atoms with Gasteiger partial charge in [0.15, 0.2) is 0 Å². The van der Waals surface area contributed by atoms with Crippen LogP contribution in [0.25, 0.3) is 28.0 Å². The zero-order chi connectivity index (χ0) is 24.6. The summed E-state index contributed by atoms with van der Waals surface area (Å²) in [5.74, 6) is 0.325. The number of nitrogens with zero attached hydrogens (tertiary/aromatic N) is 6. The van der Waals surface area contributed by atoms with Gasteiger partial charge in [0.1, 0.15) is 22.6 Å². The molecule has 2 N–H and O–H groups in total. The van der Waals surface area contributed by atoms with E-state index in [1.54, 1.807) is 36.8 Å². The highest BCUT2D eigenvalue weighted by molar-refractivity contribution is 6.37. The van der Waals surface area contributed by atoms with E-state index in [-0.39, 0.29) is 21.1 Å². The molecule has 0 spiro atoms. The van der Waals surface area contributed by atoms with Crippen LogP contribution in [0, 0.1) is 0 Å². The predicted molar refractivity (Wildman–Crippen MR) is 139 cm³/mol. The Bertz CT molecular complexity index is 1650. The Kier molecular flexibility index (Phi) is 5.80. The lowest BCUT2D eigenvalue weighted by Gasteiger charge is -2.18. The minimum Gasteiger partial charge on any atom is -0.324 e. The van der Waals surface area contributed by atoms with Crippen LogP contribution < -0.4 is 16.2 Å². The van der Waals surface area contributed by atoms with Gasteiger partial charge in [0, 0.05) is 30.8 Å². The van der Waals surface area contributed by atoms with Gasteiger partial charge in [-0.3, -0.25) is 14.8 Å². The summed E-state index contributed by atoms with van der Waals surface area (Å²) in [5, 5.41) is 12.0. The van der Waals surface area contributed by atoms with Crippen LogP contribution in [0.3, 0.4) is 0 Å². The van der Waals surface area contributed by atoms with Crippen molar-refractivity contribution in [3.8, 4) is 17.1 Å². The molecule has 6 rings (SSSR count). The van der Waals surface area contributed by atoms with Gasteiger partial charge >= 0.3 is 0 Å². The smallest absolute Gasteiger partial charge is 0.282 e. The van der Waals surface area contributed by atoms with Crippen LogP contribution in [-0.4, -0.2) is 36.3 Å². The summed E-state index contributed by atoms with van der Waals surface area (Å²) in [6, 6.07) is 11.2. The lowest BCUT2D eigenvalue weighted by Crippen LogP contribution is -2.24. The summed E-state index contributed by atoms with van der Waals surface area (Å²) in [7, 11) is 0. The molecule has 0 atom stereocenters. The van der Waals surface area contributed by atoms with Crippen molar-refractivity contribution in [2.45, 2.75) is 13.0 Å². The molecule has 2 aromatic carbocycles. The van der Waals surface area contributed by atoms with Gasteiger partial charge in [-0.15, -0.1) is 0 Å². The van der Waals surface area contributed by atoms with Gasteiger partial charge in [-0.05, 0) is 48.4 Å². The molecule has 0 fully saturated rings. The number of aromatic nitrogens is 6.